The van der Waals surface area contributed by atoms with E-state index < -0.39 is 0 Å². The van der Waals surface area contributed by atoms with E-state index in [9.17, 15) is 0 Å². The third-order valence-electron chi connectivity index (χ3n) is 2.32. The Kier molecular flexibility index (Phi) is 4.21. The summed E-state index contributed by atoms with van der Waals surface area (Å²) in [5.41, 5.74) is 8.04. The van der Waals surface area contributed by atoms with Crippen LogP contribution >= 0.6 is 0 Å². The molecule has 0 aromatic carbocycles. The van der Waals surface area contributed by atoms with Gasteiger partial charge in [-0.3, -0.25) is 0 Å². The van der Waals surface area contributed by atoms with Crippen LogP contribution in [-0.2, 0) is 6.42 Å². The Labute approximate surface area is 92.1 Å². The number of aromatic nitrogens is 2. The second-order valence-electron chi connectivity index (χ2n) is 4.34. The van der Waals surface area contributed by atoms with Crippen molar-refractivity contribution < 1.29 is 0 Å². The number of nitrogens with zero attached hydrogens (tertiary/aromatic N) is 2. The standard InChI is InChI=1S/C12H21N3/c1-5-6-10-7-11(8(2)3)15-12(14-10)9(4)13/h7-9H,5-6,13H2,1-4H3. The fourth-order valence-electron chi connectivity index (χ4n) is 1.42. The van der Waals surface area contributed by atoms with Crippen molar-refractivity contribution >= 4 is 0 Å². The molecule has 0 amide bonds. The van der Waals surface area contributed by atoms with Gasteiger partial charge in [-0.05, 0) is 25.3 Å². The third-order valence-corrected chi connectivity index (χ3v) is 2.32. The Hall–Kier alpha value is -0.960. The Bertz CT molecular complexity index is 292. The summed E-state index contributed by atoms with van der Waals surface area (Å²) in [5.74, 6) is 1.20. The van der Waals surface area contributed by atoms with E-state index in [0.29, 0.717) is 5.92 Å². The lowest BCUT2D eigenvalue weighted by molar-refractivity contribution is 0.689. The van der Waals surface area contributed by atoms with Crippen molar-refractivity contribution in [2.45, 2.75) is 52.5 Å². The molecule has 0 aliphatic heterocycles. The summed E-state index contributed by atoms with van der Waals surface area (Å²) < 4.78 is 0. The lowest BCUT2D eigenvalue weighted by Gasteiger charge is -2.11. The zero-order chi connectivity index (χ0) is 11.4. The topological polar surface area (TPSA) is 51.8 Å². The Morgan fingerprint density at radius 2 is 1.93 bits per heavy atom. The normalized spacial score (nSPS) is 13.2. The summed E-state index contributed by atoms with van der Waals surface area (Å²) in [6.45, 7) is 8.36. The summed E-state index contributed by atoms with van der Waals surface area (Å²) in [6, 6.07) is 2.01. The van der Waals surface area contributed by atoms with Crippen LogP contribution in [0.4, 0.5) is 0 Å². The SMILES string of the molecule is CCCc1cc(C(C)C)nc(C(C)N)n1. The predicted molar refractivity (Wildman–Crippen MR) is 62.7 cm³/mol. The maximum Gasteiger partial charge on any atom is 0.145 e. The lowest BCUT2D eigenvalue weighted by atomic mass is 10.1. The van der Waals surface area contributed by atoms with Crippen LogP contribution in [0.3, 0.4) is 0 Å². The van der Waals surface area contributed by atoms with Crippen LogP contribution in [0.25, 0.3) is 0 Å². The summed E-state index contributed by atoms with van der Waals surface area (Å²) in [5, 5.41) is 0. The van der Waals surface area contributed by atoms with Gasteiger partial charge in [0.25, 0.3) is 0 Å². The molecule has 0 saturated heterocycles. The highest BCUT2D eigenvalue weighted by molar-refractivity contribution is 5.15. The average molecular weight is 207 g/mol. The number of hydrogen-bond donors (Lipinski definition) is 1. The van der Waals surface area contributed by atoms with Gasteiger partial charge in [-0.15, -0.1) is 0 Å². The van der Waals surface area contributed by atoms with Crippen molar-refractivity contribution in [1.82, 2.24) is 9.97 Å². The molecule has 0 spiro atoms. The van der Waals surface area contributed by atoms with E-state index in [-0.39, 0.29) is 6.04 Å². The Balaban J connectivity index is 3.08. The lowest BCUT2D eigenvalue weighted by Crippen LogP contribution is -2.13. The van der Waals surface area contributed by atoms with Crippen LogP contribution in [0.5, 0.6) is 0 Å². The Morgan fingerprint density at radius 3 is 2.40 bits per heavy atom. The largest absolute Gasteiger partial charge is 0.322 e. The molecular formula is C12H21N3. The highest BCUT2D eigenvalue weighted by atomic mass is 14.9. The molecule has 15 heavy (non-hydrogen) atoms. The van der Waals surface area contributed by atoms with E-state index in [2.05, 4.69) is 36.8 Å². The van der Waals surface area contributed by atoms with Crippen LogP contribution in [0.2, 0.25) is 0 Å². The van der Waals surface area contributed by atoms with Crippen LogP contribution in [0.1, 0.15) is 63.3 Å². The predicted octanol–water partition coefficient (Wildman–Crippen LogP) is 2.57. The second-order valence-corrected chi connectivity index (χ2v) is 4.34. The van der Waals surface area contributed by atoms with E-state index in [1.54, 1.807) is 0 Å². The van der Waals surface area contributed by atoms with E-state index in [0.717, 1.165) is 30.1 Å². The minimum Gasteiger partial charge on any atom is -0.322 e. The van der Waals surface area contributed by atoms with E-state index >= 15 is 0 Å². The van der Waals surface area contributed by atoms with Crippen LogP contribution in [0, 0.1) is 0 Å². The molecule has 0 aliphatic rings. The number of rotatable bonds is 4. The van der Waals surface area contributed by atoms with E-state index in [4.69, 9.17) is 5.73 Å². The molecule has 0 fully saturated rings. The second kappa shape index (κ2) is 5.21. The molecule has 0 saturated carbocycles. The fourth-order valence-corrected chi connectivity index (χ4v) is 1.42. The van der Waals surface area contributed by atoms with Crippen molar-refractivity contribution in [3.05, 3.63) is 23.3 Å². The molecule has 0 aliphatic carbocycles. The molecule has 2 N–H and O–H groups in total. The summed E-state index contributed by atoms with van der Waals surface area (Å²) in [7, 11) is 0. The first kappa shape index (κ1) is 12.1. The van der Waals surface area contributed by atoms with Gasteiger partial charge in [-0.25, -0.2) is 9.97 Å². The van der Waals surface area contributed by atoms with Gasteiger partial charge in [0.2, 0.25) is 0 Å². The number of hydrogen-bond acceptors (Lipinski definition) is 3. The number of nitrogens with two attached hydrogens (primary N) is 1. The van der Waals surface area contributed by atoms with Crippen molar-refractivity contribution in [3.8, 4) is 0 Å². The quantitative estimate of drug-likeness (QED) is 0.825. The van der Waals surface area contributed by atoms with Gasteiger partial charge < -0.3 is 5.73 Å². The van der Waals surface area contributed by atoms with Gasteiger partial charge in [-0.1, -0.05) is 27.2 Å². The molecule has 0 radical (unpaired) electrons. The molecule has 3 heteroatoms. The van der Waals surface area contributed by atoms with E-state index in [1.165, 1.54) is 0 Å². The zero-order valence-corrected chi connectivity index (χ0v) is 10.1. The van der Waals surface area contributed by atoms with Crippen LogP contribution in [-0.4, -0.2) is 9.97 Å². The van der Waals surface area contributed by atoms with Crippen LogP contribution in [0.15, 0.2) is 6.07 Å². The van der Waals surface area contributed by atoms with Gasteiger partial charge in [0.05, 0.1) is 6.04 Å². The maximum atomic E-state index is 5.82. The monoisotopic (exact) mass is 207 g/mol. The van der Waals surface area contributed by atoms with Crippen molar-refractivity contribution in [2.75, 3.05) is 0 Å². The number of aryl methyl sites for hydroxylation is 1. The Morgan fingerprint density at radius 1 is 1.27 bits per heavy atom. The molecule has 1 aromatic heterocycles. The van der Waals surface area contributed by atoms with Gasteiger partial charge in [0.1, 0.15) is 5.82 Å². The summed E-state index contributed by atoms with van der Waals surface area (Å²) in [6.07, 6.45) is 2.11. The minimum atomic E-state index is -0.0840. The maximum absolute atomic E-state index is 5.82. The van der Waals surface area contributed by atoms with Gasteiger partial charge in [-0.2, -0.15) is 0 Å². The summed E-state index contributed by atoms with van der Waals surface area (Å²) >= 11 is 0. The van der Waals surface area contributed by atoms with Crippen molar-refractivity contribution in [3.63, 3.8) is 0 Å². The molecule has 1 atom stereocenters. The van der Waals surface area contributed by atoms with E-state index in [1.807, 2.05) is 6.92 Å². The molecule has 1 aromatic rings. The first-order chi connectivity index (χ1) is 7.04. The minimum absolute atomic E-state index is 0.0840. The molecule has 84 valence electrons. The highest BCUT2D eigenvalue weighted by Gasteiger charge is 2.09. The fraction of sp³-hybridized carbons (Fsp3) is 0.667. The first-order valence-electron chi connectivity index (χ1n) is 5.68. The zero-order valence-electron chi connectivity index (χ0n) is 10.1. The molecule has 1 heterocycles. The highest BCUT2D eigenvalue weighted by Crippen LogP contribution is 2.15. The van der Waals surface area contributed by atoms with Gasteiger partial charge >= 0.3 is 0 Å². The van der Waals surface area contributed by atoms with Gasteiger partial charge in [0, 0.05) is 11.4 Å². The third kappa shape index (κ3) is 3.27. The first-order valence-corrected chi connectivity index (χ1v) is 5.68. The summed E-state index contributed by atoms with van der Waals surface area (Å²) in [4.78, 5) is 8.95. The van der Waals surface area contributed by atoms with Crippen LogP contribution < -0.4 is 5.73 Å². The average Bonchev–Trinajstić information content (AvgIpc) is 2.17. The molecule has 0 bridgehead atoms. The molecule has 3 nitrogen and oxygen atoms in total. The van der Waals surface area contributed by atoms with Crippen molar-refractivity contribution in [2.24, 2.45) is 5.73 Å². The molecular weight excluding hydrogens is 186 g/mol. The smallest absolute Gasteiger partial charge is 0.145 e. The van der Waals surface area contributed by atoms with Gasteiger partial charge in [0.15, 0.2) is 0 Å². The van der Waals surface area contributed by atoms with Crippen molar-refractivity contribution in [1.29, 1.82) is 0 Å². The molecule has 1 unspecified atom stereocenters. The molecule has 1 rings (SSSR count).